The van der Waals surface area contributed by atoms with E-state index in [1.165, 1.54) is 5.56 Å². The molecule has 0 aromatic heterocycles. The number of carboxylic acid groups (broad SMARTS) is 1. The van der Waals surface area contributed by atoms with E-state index in [2.05, 4.69) is 18.2 Å². The van der Waals surface area contributed by atoms with Gasteiger partial charge in [0.1, 0.15) is 5.75 Å². The van der Waals surface area contributed by atoms with Gasteiger partial charge in [0.25, 0.3) is 0 Å². The van der Waals surface area contributed by atoms with Crippen molar-refractivity contribution in [3.05, 3.63) is 41.5 Å². The van der Waals surface area contributed by atoms with Gasteiger partial charge in [-0.15, -0.1) is 0 Å². The molecule has 0 bridgehead atoms. The quantitative estimate of drug-likeness (QED) is 0.813. The lowest BCUT2D eigenvalue weighted by Crippen LogP contribution is -2.32. The lowest BCUT2D eigenvalue weighted by atomic mass is 9.70. The molecule has 1 N–H and O–H groups in total. The highest BCUT2D eigenvalue weighted by Crippen LogP contribution is 2.48. The summed E-state index contributed by atoms with van der Waals surface area (Å²) in [5.41, 5.74) is 2.31. The predicted octanol–water partition coefficient (Wildman–Crippen LogP) is 2.61. The van der Waals surface area contributed by atoms with Gasteiger partial charge in [0, 0.05) is 5.92 Å². The predicted molar refractivity (Wildman–Crippen MR) is 67.8 cm³/mol. The summed E-state index contributed by atoms with van der Waals surface area (Å²) in [5, 5.41) is 9.41. The summed E-state index contributed by atoms with van der Waals surface area (Å²) >= 11 is 0. The van der Waals surface area contributed by atoms with Crippen LogP contribution in [-0.4, -0.2) is 18.2 Å². The normalized spacial score (nSPS) is 28.6. The van der Waals surface area contributed by atoms with Gasteiger partial charge >= 0.3 is 5.97 Å². The summed E-state index contributed by atoms with van der Waals surface area (Å²) in [5.74, 6) is 0.281. The Bertz CT molecular complexity index is 518. The molecule has 3 unspecified atom stereocenters. The number of hydrogen-bond acceptors (Lipinski definition) is 2. The van der Waals surface area contributed by atoms with Crippen molar-refractivity contribution in [2.24, 2.45) is 11.8 Å². The number of hydrogen-bond donors (Lipinski definition) is 1. The summed E-state index contributed by atoms with van der Waals surface area (Å²) < 4.78 is 5.37. The Morgan fingerprint density at radius 2 is 2.28 bits per heavy atom. The van der Waals surface area contributed by atoms with E-state index in [-0.39, 0.29) is 17.8 Å². The van der Waals surface area contributed by atoms with Crippen LogP contribution in [-0.2, 0) is 11.2 Å². The van der Waals surface area contributed by atoms with Crippen LogP contribution in [0.15, 0.2) is 30.4 Å². The molecule has 0 aliphatic heterocycles. The Morgan fingerprint density at radius 3 is 3.00 bits per heavy atom. The third-order valence-corrected chi connectivity index (χ3v) is 4.22. The molecule has 0 saturated carbocycles. The second-order valence-corrected chi connectivity index (χ2v) is 5.03. The molecule has 3 atom stereocenters. The number of carbonyl (C=O) groups is 1. The molecule has 3 rings (SSSR count). The largest absolute Gasteiger partial charge is 0.496 e. The summed E-state index contributed by atoms with van der Waals surface area (Å²) in [4.78, 5) is 11.4. The van der Waals surface area contributed by atoms with Crippen molar-refractivity contribution in [1.82, 2.24) is 0 Å². The van der Waals surface area contributed by atoms with Gasteiger partial charge in [0.15, 0.2) is 0 Å². The van der Waals surface area contributed by atoms with E-state index in [4.69, 9.17) is 4.74 Å². The maximum Gasteiger partial charge on any atom is 0.307 e. The van der Waals surface area contributed by atoms with Gasteiger partial charge in [0.05, 0.1) is 13.0 Å². The molecule has 3 heteroatoms. The van der Waals surface area contributed by atoms with Crippen LogP contribution in [0.3, 0.4) is 0 Å². The molecule has 2 aliphatic rings. The van der Waals surface area contributed by atoms with E-state index in [1.807, 2.05) is 12.1 Å². The molecule has 1 aromatic rings. The summed E-state index contributed by atoms with van der Waals surface area (Å²) in [7, 11) is 1.64. The van der Waals surface area contributed by atoms with Crippen LogP contribution in [0.4, 0.5) is 0 Å². The Balaban J connectivity index is 2.11. The third-order valence-electron chi connectivity index (χ3n) is 4.22. The average molecular weight is 244 g/mol. The highest BCUT2D eigenvalue weighted by Gasteiger charge is 2.41. The van der Waals surface area contributed by atoms with Gasteiger partial charge in [-0.1, -0.05) is 24.3 Å². The van der Waals surface area contributed by atoms with E-state index >= 15 is 0 Å². The fourth-order valence-electron chi connectivity index (χ4n) is 3.37. The fourth-order valence-corrected chi connectivity index (χ4v) is 3.37. The average Bonchev–Trinajstić information content (AvgIpc) is 2.86. The smallest absolute Gasteiger partial charge is 0.307 e. The van der Waals surface area contributed by atoms with Crippen LogP contribution in [0, 0.1) is 11.8 Å². The number of fused-ring (bicyclic) bond motifs is 3. The van der Waals surface area contributed by atoms with Gasteiger partial charge in [-0.2, -0.15) is 0 Å². The zero-order valence-corrected chi connectivity index (χ0v) is 10.3. The maximum atomic E-state index is 11.4. The molecular formula is C15H16O3. The molecule has 0 saturated heterocycles. The summed E-state index contributed by atoms with van der Waals surface area (Å²) in [6, 6.07) is 6.00. The topological polar surface area (TPSA) is 46.5 Å². The third kappa shape index (κ3) is 1.54. The summed E-state index contributed by atoms with van der Waals surface area (Å²) in [6.45, 7) is 0. The molecule has 0 heterocycles. The molecular weight excluding hydrogens is 228 g/mol. The molecule has 1 aromatic carbocycles. The number of methoxy groups -OCH3 is 1. The van der Waals surface area contributed by atoms with Crippen molar-refractivity contribution in [3.63, 3.8) is 0 Å². The highest BCUT2D eigenvalue weighted by atomic mass is 16.5. The lowest BCUT2D eigenvalue weighted by molar-refractivity contribution is -0.144. The van der Waals surface area contributed by atoms with Crippen molar-refractivity contribution >= 4 is 5.97 Å². The van der Waals surface area contributed by atoms with E-state index in [0.717, 1.165) is 17.7 Å². The van der Waals surface area contributed by atoms with Crippen LogP contribution in [0.1, 0.15) is 23.5 Å². The fraction of sp³-hybridized carbons (Fsp3) is 0.400. The second-order valence-electron chi connectivity index (χ2n) is 5.03. The SMILES string of the molecule is COc1cccc2c1CC(C(=O)O)C1CC=CC21. The number of rotatable bonds is 2. The zero-order chi connectivity index (χ0) is 12.7. The number of aliphatic carboxylic acids is 1. The Morgan fingerprint density at radius 1 is 1.44 bits per heavy atom. The van der Waals surface area contributed by atoms with Crippen LogP contribution >= 0.6 is 0 Å². The first-order chi connectivity index (χ1) is 8.72. The highest BCUT2D eigenvalue weighted by molar-refractivity contribution is 5.72. The van der Waals surface area contributed by atoms with Crippen molar-refractivity contribution in [3.8, 4) is 5.75 Å². The summed E-state index contributed by atoms with van der Waals surface area (Å²) in [6.07, 6.45) is 5.72. The van der Waals surface area contributed by atoms with Crippen molar-refractivity contribution in [2.45, 2.75) is 18.8 Å². The molecule has 0 spiro atoms. The molecule has 3 nitrogen and oxygen atoms in total. The van der Waals surface area contributed by atoms with E-state index in [9.17, 15) is 9.90 Å². The Labute approximate surface area is 106 Å². The zero-order valence-electron chi connectivity index (χ0n) is 10.3. The van der Waals surface area contributed by atoms with Gasteiger partial charge in [-0.25, -0.2) is 0 Å². The first kappa shape index (κ1) is 11.3. The van der Waals surface area contributed by atoms with Crippen LogP contribution in [0.5, 0.6) is 5.75 Å². The first-order valence-electron chi connectivity index (χ1n) is 6.27. The molecule has 94 valence electrons. The standard InChI is InChI=1S/C15H16O3/c1-18-14-7-3-6-10-9-4-2-5-11(9)13(15(16)17)8-12(10)14/h2-4,6-7,9,11,13H,5,8H2,1H3,(H,16,17). The minimum atomic E-state index is -0.690. The molecule has 2 aliphatic carbocycles. The van der Waals surface area contributed by atoms with Crippen LogP contribution in [0.25, 0.3) is 0 Å². The molecule has 0 radical (unpaired) electrons. The molecule has 0 amide bonds. The number of allylic oxidation sites excluding steroid dienone is 2. The lowest BCUT2D eigenvalue weighted by Gasteiger charge is -2.34. The number of carboxylic acids is 1. The molecule has 0 fully saturated rings. The van der Waals surface area contributed by atoms with Crippen molar-refractivity contribution < 1.29 is 14.6 Å². The van der Waals surface area contributed by atoms with E-state index < -0.39 is 5.97 Å². The van der Waals surface area contributed by atoms with E-state index in [1.54, 1.807) is 7.11 Å². The van der Waals surface area contributed by atoms with Gasteiger partial charge in [-0.3, -0.25) is 4.79 Å². The van der Waals surface area contributed by atoms with Gasteiger partial charge in [-0.05, 0) is 36.0 Å². The first-order valence-corrected chi connectivity index (χ1v) is 6.27. The van der Waals surface area contributed by atoms with Crippen molar-refractivity contribution in [2.75, 3.05) is 7.11 Å². The number of benzene rings is 1. The number of ether oxygens (including phenoxy) is 1. The second kappa shape index (κ2) is 4.16. The minimum absolute atomic E-state index is 0.210. The van der Waals surface area contributed by atoms with Gasteiger partial charge < -0.3 is 9.84 Å². The van der Waals surface area contributed by atoms with Crippen LogP contribution in [0.2, 0.25) is 0 Å². The minimum Gasteiger partial charge on any atom is -0.496 e. The molecule has 18 heavy (non-hydrogen) atoms. The monoisotopic (exact) mass is 244 g/mol. The van der Waals surface area contributed by atoms with Crippen LogP contribution < -0.4 is 4.74 Å². The Hall–Kier alpha value is -1.77. The Kier molecular flexibility index (Phi) is 2.62. The van der Waals surface area contributed by atoms with E-state index in [0.29, 0.717) is 6.42 Å². The van der Waals surface area contributed by atoms with Gasteiger partial charge in [0.2, 0.25) is 0 Å². The maximum absolute atomic E-state index is 11.4. The van der Waals surface area contributed by atoms with Crippen molar-refractivity contribution in [1.29, 1.82) is 0 Å².